The molecule has 0 saturated carbocycles. The highest BCUT2D eigenvalue weighted by atomic mass is 16.2. The van der Waals surface area contributed by atoms with Crippen LogP contribution < -0.4 is 10.2 Å². The van der Waals surface area contributed by atoms with E-state index in [4.69, 9.17) is 0 Å². The topological polar surface area (TPSA) is 86.6 Å². The van der Waals surface area contributed by atoms with Crippen LogP contribution in [0.1, 0.15) is 43.9 Å². The van der Waals surface area contributed by atoms with E-state index in [9.17, 15) is 9.59 Å². The Kier molecular flexibility index (Phi) is 8.74. The summed E-state index contributed by atoms with van der Waals surface area (Å²) in [5, 5.41) is 7.51. The Labute approximate surface area is 208 Å². The summed E-state index contributed by atoms with van der Waals surface area (Å²) in [6, 6.07) is 5.94. The van der Waals surface area contributed by atoms with Gasteiger partial charge in [0.05, 0.1) is 6.20 Å². The number of carbonyl (C=O) groups excluding carboxylic acids is 2. The highest BCUT2D eigenvalue weighted by molar-refractivity contribution is 5.79. The van der Waals surface area contributed by atoms with Crippen LogP contribution in [0.5, 0.6) is 0 Å². The SMILES string of the molecule is CCn1ncc(CN2CCCC(C(=O)N3CCN(c4ccccn4)CC3)CCNC(=O)CC2)c1C. The van der Waals surface area contributed by atoms with Crippen LogP contribution in [0, 0.1) is 12.8 Å². The molecule has 1 atom stereocenters. The smallest absolute Gasteiger partial charge is 0.225 e. The van der Waals surface area contributed by atoms with Crippen molar-refractivity contribution in [1.82, 2.24) is 29.9 Å². The Morgan fingerprint density at radius 1 is 1.11 bits per heavy atom. The van der Waals surface area contributed by atoms with Crippen molar-refractivity contribution in [2.24, 2.45) is 5.92 Å². The summed E-state index contributed by atoms with van der Waals surface area (Å²) in [5.74, 6) is 1.21. The predicted molar refractivity (Wildman–Crippen MR) is 136 cm³/mol. The monoisotopic (exact) mass is 481 g/mol. The van der Waals surface area contributed by atoms with Crippen molar-refractivity contribution < 1.29 is 9.59 Å². The molecular formula is C26H39N7O2. The zero-order valence-electron chi connectivity index (χ0n) is 21.2. The quantitative estimate of drug-likeness (QED) is 0.704. The number of hydrogen-bond acceptors (Lipinski definition) is 6. The number of carbonyl (C=O) groups is 2. The minimum atomic E-state index is -0.0544. The first-order chi connectivity index (χ1) is 17.0. The van der Waals surface area contributed by atoms with Crippen molar-refractivity contribution in [2.75, 3.05) is 50.7 Å². The first-order valence-corrected chi connectivity index (χ1v) is 13.0. The van der Waals surface area contributed by atoms with Crippen LogP contribution in [0.3, 0.4) is 0 Å². The summed E-state index contributed by atoms with van der Waals surface area (Å²) in [6.07, 6.45) is 6.73. The van der Waals surface area contributed by atoms with Gasteiger partial charge in [0.15, 0.2) is 0 Å². The fourth-order valence-electron chi connectivity index (χ4n) is 5.11. The molecule has 1 unspecified atom stereocenters. The van der Waals surface area contributed by atoms with Crippen molar-refractivity contribution in [2.45, 2.75) is 52.6 Å². The van der Waals surface area contributed by atoms with E-state index in [1.165, 1.54) is 11.3 Å². The third kappa shape index (κ3) is 6.60. The Bertz CT molecular complexity index is 969. The molecule has 4 rings (SSSR count). The van der Waals surface area contributed by atoms with Gasteiger partial charge in [-0.2, -0.15) is 5.10 Å². The van der Waals surface area contributed by atoms with Crippen molar-refractivity contribution in [3.8, 4) is 0 Å². The number of nitrogens with zero attached hydrogens (tertiary/aromatic N) is 6. The lowest BCUT2D eigenvalue weighted by molar-refractivity contribution is -0.136. The fraction of sp³-hybridized carbons (Fsp3) is 0.615. The second-order valence-corrected chi connectivity index (χ2v) is 9.58. The Morgan fingerprint density at radius 3 is 2.66 bits per heavy atom. The van der Waals surface area contributed by atoms with Crippen LogP contribution >= 0.6 is 0 Å². The average Bonchev–Trinajstić information content (AvgIpc) is 3.23. The van der Waals surface area contributed by atoms with E-state index in [2.05, 4.69) is 39.0 Å². The van der Waals surface area contributed by atoms with Crippen LogP contribution in [0.25, 0.3) is 0 Å². The molecule has 2 aliphatic rings. The summed E-state index contributed by atoms with van der Waals surface area (Å²) in [4.78, 5) is 36.9. The average molecular weight is 482 g/mol. The van der Waals surface area contributed by atoms with Crippen LogP contribution in [0.2, 0.25) is 0 Å². The molecule has 2 aliphatic heterocycles. The lowest BCUT2D eigenvalue weighted by atomic mass is 9.97. The van der Waals surface area contributed by atoms with E-state index < -0.39 is 0 Å². The number of anilines is 1. The Hall–Kier alpha value is -2.94. The first kappa shape index (κ1) is 25.2. The molecule has 190 valence electrons. The number of aryl methyl sites for hydroxylation is 1. The van der Waals surface area contributed by atoms with Gasteiger partial charge in [-0.1, -0.05) is 6.07 Å². The van der Waals surface area contributed by atoms with Gasteiger partial charge in [0.1, 0.15) is 5.82 Å². The van der Waals surface area contributed by atoms with Crippen LogP contribution in [-0.2, 0) is 22.7 Å². The van der Waals surface area contributed by atoms with Gasteiger partial charge in [-0.05, 0) is 51.8 Å². The van der Waals surface area contributed by atoms with E-state index in [1.807, 2.05) is 40.2 Å². The summed E-state index contributed by atoms with van der Waals surface area (Å²) in [6.45, 7) is 11.0. The van der Waals surface area contributed by atoms with Crippen LogP contribution in [0.15, 0.2) is 30.6 Å². The Morgan fingerprint density at radius 2 is 1.94 bits per heavy atom. The number of nitrogens with one attached hydrogen (secondary N) is 1. The molecule has 0 aromatic carbocycles. The van der Waals surface area contributed by atoms with Crippen molar-refractivity contribution in [3.63, 3.8) is 0 Å². The summed E-state index contributed by atoms with van der Waals surface area (Å²) >= 11 is 0. The summed E-state index contributed by atoms with van der Waals surface area (Å²) in [7, 11) is 0. The summed E-state index contributed by atoms with van der Waals surface area (Å²) in [5.41, 5.74) is 2.39. The highest BCUT2D eigenvalue weighted by Crippen LogP contribution is 2.20. The maximum atomic E-state index is 13.4. The molecule has 2 saturated heterocycles. The van der Waals surface area contributed by atoms with E-state index in [0.29, 0.717) is 32.5 Å². The van der Waals surface area contributed by atoms with Crippen molar-refractivity contribution in [1.29, 1.82) is 0 Å². The number of aromatic nitrogens is 3. The van der Waals surface area contributed by atoms with Crippen molar-refractivity contribution in [3.05, 3.63) is 41.9 Å². The second-order valence-electron chi connectivity index (χ2n) is 9.58. The molecule has 35 heavy (non-hydrogen) atoms. The highest BCUT2D eigenvalue weighted by Gasteiger charge is 2.28. The normalized spacial score (nSPS) is 20.9. The third-order valence-corrected chi connectivity index (χ3v) is 7.31. The van der Waals surface area contributed by atoms with E-state index in [-0.39, 0.29) is 17.7 Å². The van der Waals surface area contributed by atoms with Crippen LogP contribution in [0.4, 0.5) is 5.82 Å². The lowest BCUT2D eigenvalue weighted by Gasteiger charge is -2.37. The number of pyridine rings is 1. The van der Waals surface area contributed by atoms with Gasteiger partial charge < -0.3 is 15.1 Å². The zero-order chi connectivity index (χ0) is 24.6. The van der Waals surface area contributed by atoms with E-state index in [1.54, 1.807) is 0 Å². The predicted octanol–water partition coefficient (Wildman–Crippen LogP) is 2.06. The molecule has 9 heteroatoms. The minimum absolute atomic E-state index is 0.0544. The molecule has 0 spiro atoms. The third-order valence-electron chi connectivity index (χ3n) is 7.31. The lowest BCUT2D eigenvalue weighted by Crippen LogP contribution is -2.51. The molecule has 0 radical (unpaired) electrons. The van der Waals surface area contributed by atoms with Gasteiger partial charge in [0.2, 0.25) is 11.8 Å². The van der Waals surface area contributed by atoms with Gasteiger partial charge in [-0.25, -0.2) is 4.98 Å². The van der Waals surface area contributed by atoms with Crippen molar-refractivity contribution >= 4 is 17.6 Å². The van der Waals surface area contributed by atoms with Gasteiger partial charge in [-0.15, -0.1) is 0 Å². The fourth-order valence-corrected chi connectivity index (χ4v) is 5.11. The maximum absolute atomic E-state index is 13.4. The molecule has 2 fully saturated rings. The maximum Gasteiger partial charge on any atom is 0.225 e. The van der Waals surface area contributed by atoms with Crippen LogP contribution in [-0.4, -0.2) is 82.2 Å². The van der Waals surface area contributed by atoms with E-state index in [0.717, 1.165) is 57.9 Å². The number of hydrogen-bond donors (Lipinski definition) is 1. The van der Waals surface area contributed by atoms with E-state index >= 15 is 0 Å². The summed E-state index contributed by atoms with van der Waals surface area (Å²) < 4.78 is 2.01. The largest absolute Gasteiger partial charge is 0.356 e. The minimum Gasteiger partial charge on any atom is -0.356 e. The van der Waals surface area contributed by atoms with Gasteiger partial charge in [0.25, 0.3) is 0 Å². The molecule has 0 aliphatic carbocycles. The zero-order valence-corrected chi connectivity index (χ0v) is 21.2. The Balaban J connectivity index is 1.34. The first-order valence-electron chi connectivity index (χ1n) is 13.0. The molecule has 2 aromatic rings. The molecule has 9 nitrogen and oxygen atoms in total. The molecule has 1 N–H and O–H groups in total. The number of piperazine rings is 1. The van der Waals surface area contributed by atoms with Gasteiger partial charge >= 0.3 is 0 Å². The molecule has 0 bridgehead atoms. The number of rotatable bonds is 5. The molecule has 2 aromatic heterocycles. The second kappa shape index (κ2) is 12.2. The molecular weight excluding hydrogens is 442 g/mol. The number of amides is 2. The standard InChI is InChI=1S/C26H39N7O2/c1-3-33-21(2)23(19-29-33)20-30-13-6-7-22(9-12-28-25(34)10-14-30)26(35)32-17-15-31(16-18-32)24-8-4-5-11-27-24/h4-5,8,11,19,22H,3,6-7,9-10,12-18,20H2,1-2H3,(H,28,34). The molecule has 4 heterocycles. The van der Waals surface area contributed by atoms with Gasteiger partial charge in [0, 0.05) is 82.2 Å². The molecule has 2 amide bonds. The van der Waals surface area contributed by atoms with Gasteiger partial charge in [-0.3, -0.25) is 19.2 Å².